The van der Waals surface area contributed by atoms with Crippen LogP contribution >= 0.6 is 0 Å². The van der Waals surface area contributed by atoms with Crippen LogP contribution in [0.5, 0.6) is 0 Å². The highest BCUT2D eigenvalue weighted by atomic mass is 28.3. The molecule has 0 unspecified atom stereocenters. The number of rotatable bonds is 8. The van der Waals surface area contributed by atoms with E-state index in [0.717, 1.165) is 12.8 Å². The first-order valence-electron chi connectivity index (χ1n) is 6.31. The van der Waals surface area contributed by atoms with Crippen molar-refractivity contribution in [3.05, 3.63) is 11.8 Å². The van der Waals surface area contributed by atoms with Crippen molar-refractivity contribution < 1.29 is 5.11 Å². The summed E-state index contributed by atoms with van der Waals surface area (Å²) >= 11 is 0. The monoisotopic (exact) mass is 228 g/mol. The molecule has 0 bridgehead atoms. The number of unbranched alkanes of at least 4 members (excludes halogenated alkanes) is 3. The summed E-state index contributed by atoms with van der Waals surface area (Å²) < 4.78 is 0. The fourth-order valence-corrected chi connectivity index (χ4v) is 2.35. The van der Waals surface area contributed by atoms with Gasteiger partial charge in [0.15, 0.2) is 0 Å². The van der Waals surface area contributed by atoms with Gasteiger partial charge >= 0.3 is 0 Å². The first kappa shape index (κ1) is 14.9. The lowest BCUT2D eigenvalue weighted by Gasteiger charge is -2.10. The molecule has 0 spiro atoms. The highest BCUT2D eigenvalue weighted by Crippen LogP contribution is 2.09. The Morgan fingerprint density at radius 3 is 2.33 bits per heavy atom. The van der Waals surface area contributed by atoms with Crippen molar-refractivity contribution in [2.45, 2.75) is 71.2 Å². The summed E-state index contributed by atoms with van der Waals surface area (Å²) in [4.78, 5) is 0. The molecule has 0 aromatic rings. The van der Waals surface area contributed by atoms with Crippen molar-refractivity contribution >= 4 is 8.07 Å². The third kappa shape index (κ3) is 11.8. The van der Waals surface area contributed by atoms with Crippen LogP contribution in [0.2, 0.25) is 19.6 Å². The van der Waals surface area contributed by atoms with E-state index in [-0.39, 0.29) is 6.10 Å². The maximum Gasteiger partial charge on any atom is 0.0682 e. The van der Waals surface area contributed by atoms with E-state index in [1.165, 1.54) is 25.7 Å². The van der Waals surface area contributed by atoms with Crippen LogP contribution in [0, 0.1) is 0 Å². The molecule has 0 saturated carbocycles. The van der Waals surface area contributed by atoms with Crippen LogP contribution < -0.4 is 0 Å². The van der Waals surface area contributed by atoms with Crippen LogP contribution in [0.1, 0.15) is 45.4 Å². The standard InChI is InChI=1S/C13H28OSi/c1-5-6-7-8-10-13(14)11-9-12-15(2,3)4/h9,12-14H,5-8,10-11H2,1-4H3/b12-9+/t13-/m0/s1. The van der Waals surface area contributed by atoms with Crippen LogP contribution in [-0.4, -0.2) is 19.3 Å². The van der Waals surface area contributed by atoms with Crippen molar-refractivity contribution in [1.29, 1.82) is 0 Å². The Morgan fingerprint density at radius 2 is 1.80 bits per heavy atom. The predicted molar refractivity (Wildman–Crippen MR) is 71.9 cm³/mol. The molecule has 0 heterocycles. The minimum absolute atomic E-state index is 0.116. The van der Waals surface area contributed by atoms with Crippen LogP contribution in [0.15, 0.2) is 11.8 Å². The first-order chi connectivity index (χ1) is 6.95. The molecule has 0 amide bonds. The number of hydrogen-bond acceptors (Lipinski definition) is 1. The van der Waals surface area contributed by atoms with E-state index in [1.54, 1.807) is 0 Å². The minimum atomic E-state index is -1.06. The predicted octanol–water partition coefficient (Wildman–Crippen LogP) is 4.14. The third-order valence-corrected chi connectivity index (χ3v) is 3.65. The smallest absolute Gasteiger partial charge is 0.0682 e. The lowest BCUT2D eigenvalue weighted by Crippen LogP contribution is -2.16. The van der Waals surface area contributed by atoms with E-state index in [4.69, 9.17) is 0 Å². The zero-order valence-corrected chi connectivity index (χ0v) is 11.9. The number of hydrogen-bond donors (Lipinski definition) is 1. The highest BCUT2D eigenvalue weighted by Gasteiger charge is 2.07. The van der Waals surface area contributed by atoms with Crippen LogP contribution in [0.3, 0.4) is 0 Å². The Balaban J connectivity index is 3.49. The average Bonchev–Trinajstić information content (AvgIpc) is 2.10. The number of aliphatic hydroxyl groups is 1. The molecule has 1 atom stereocenters. The fourth-order valence-electron chi connectivity index (χ4n) is 1.50. The van der Waals surface area contributed by atoms with Crippen LogP contribution in [0.25, 0.3) is 0 Å². The molecule has 0 fully saturated rings. The Hall–Kier alpha value is -0.0831. The maximum absolute atomic E-state index is 9.71. The zero-order chi connectivity index (χ0) is 11.7. The molecule has 2 heteroatoms. The zero-order valence-electron chi connectivity index (χ0n) is 10.9. The summed E-state index contributed by atoms with van der Waals surface area (Å²) in [5.41, 5.74) is 2.32. The molecule has 0 aliphatic heterocycles. The third-order valence-electron chi connectivity index (χ3n) is 2.42. The minimum Gasteiger partial charge on any atom is -0.393 e. The van der Waals surface area contributed by atoms with Gasteiger partial charge in [-0.1, -0.05) is 64.0 Å². The highest BCUT2D eigenvalue weighted by molar-refractivity contribution is 6.80. The number of aliphatic hydroxyl groups excluding tert-OH is 1. The molecule has 0 rings (SSSR count). The summed E-state index contributed by atoms with van der Waals surface area (Å²) in [6, 6.07) is 0. The quantitative estimate of drug-likeness (QED) is 0.489. The largest absolute Gasteiger partial charge is 0.393 e. The molecule has 1 N–H and O–H groups in total. The Labute approximate surface area is 96.6 Å². The van der Waals surface area contributed by atoms with E-state index < -0.39 is 8.07 Å². The molecule has 0 aliphatic rings. The lowest BCUT2D eigenvalue weighted by atomic mass is 10.1. The molecule has 0 aromatic carbocycles. The van der Waals surface area contributed by atoms with Gasteiger partial charge in [0.05, 0.1) is 14.2 Å². The summed E-state index contributed by atoms with van der Waals surface area (Å²) in [5.74, 6) is 0. The van der Waals surface area contributed by atoms with Crippen LogP contribution in [-0.2, 0) is 0 Å². The van der Waals surface area contributed by atoms with E-state index >= 15 is 0 Å². The van der Waals surface area contributed by atoms with Crippen molar-refractivity contribution in [3.8, 4) is 0 Å². The first-order valence-corrected chi connectivity index (χ1v) is 9.89. The molecule has 15 heavy (non-hydrogen) atoms. The second kappa shape index (κ2) is 8.11. The van der Waals surface area contributed by atoms with E-state index in [1.807, 2.05) is 0 Å². The van der Waals surface area contributed by atoms with Gasteiger partial charge in [0.2, 0.25) is 0 Å². The van der Waals surface area contributed by atoms with Crippen LogP contribution in [0.4, 0.5) is 0 Å². The van der Waals surface area contributed by atoms with Gasteiger partial charge < -0.3 is 5.11 Å². The molecule has 0 aromatic heterocycles. The Kier molecular flexibility index (Phi) is 8.07. The van der Waals surface area contributed by atoms with Gasteiger partial charge in [-0.15, -0.1) is 0 Å². The van der Waals surface area contributed by atoms with Gasteiger partial charge in [0.25, 0.3) is 0 Å². The molecule has 0 aliphatic carbocycles. The van der Waals surface area contributed by atoms with Crippen molar-refractivity contribution in [2.75, 3.05) is 0 Å². The summed E-state index contributed by atoms with van der Waals surface area (Å²) in [5, 5.41) is 9.71. The summed E-state index contributed by atoms with van der Waals surface area (Å²) in [6.45, 7) is 9.17. The summed E-state index contributed by atoms with van der Waals surface area (Å²) in [6.07, 6.45) is 8.89. The fraction of sp³-hybridized carbons (Fsp3) is 0.846. The Bertz CT molecular complexity index is 170. The lowest BCUT2D eigenvalue weighted by molar-refractivity contribution is 0.164. The molecule has 90 valence electrons. The summed E-state index contributed by atoms with van der Waals surface area (Å²) in [7, 11) is -1.06. The van der Waals surface area contributed by atoms with E-state index in [9.17, 15) is 5.11 Å². The topological polar surface area (TPSA) is 20.2 Å². The van der Waals surface area contributed by atoms with Gasteiger partial charge in [0.1, 0.15) is 0 Å². The van der Waals surface area contributed by atoms with Gasteiger partial charge in [-0.3, -0.25) is 0 Å². The SMILES string of the molecule is CCCCCC[C@H](O)C/C=C/[Si](C)(C)C. The van der Waals surface area contributed by atoms with E-state index in [0.29, 0.717) is 0 Å². The Morgan fingerprint density at radius 1 is 1.13 bits per heavy atom. The molecule has 0 radical (unpaired) electrons. The molecular formula is C13H28OSi. The maximum atomic E-state index is 9.71. The van der Waals surface area contributed by atoms with E-state index in [2.05, 4.69) is 38.3 Å². The molecular weight excluding hydrogens is 200 g/mol. The molecule has 0 saturated heterocycles. The normalized spacial score (nSPS) is 14.7. The van der Waals surface area contributed by atoms with Crippen molar-refractivity contribution in [1.82, 2.24) is 0 Å². The van der Waals surface area contributed by atoms with Crippen molar-refractivity contribution in [3.63, 3.8) is 0 Å². The van der Waals surface area contributed by atoms with Gasteiger partial charge in [-0.25, -0.2) is 0 Å². The van der Waals surface area contributed by atoms with Gasteiger partial charge in [-0.05, 0) is 12.8 Å². The van der Waals surface area contributed by atoms with Gasteiger partial charge in [-0.2, -0.15) is 0 Å². The van der Waals surface area contributed by atoms with Gasteiger partial charge in [0, 0.05) is 0 Å². The second-order valence-corrected chi connectivity index (χ2v) is 10.6. The second-order valence-electron chi connectivity index (χ2n) is 5.51. The van der Waals surface area contributed by atoms with Crippen molar-refractivity contribution in [2.24, 2.45) is 0 Å². The molecule has 1 nitrogen and oxygen atoms in total. The average molecular weight is 228 g/mol.